The van der Waals surface area contributed by atoms with Crippen molar-refractivity contribution in [2.75, 3.05) is 6.61 Å². The first kappa shape index (κ1) is 8.52. The van der Waals surface area contributed by atoms with E-state index >= 15 is 0 Å². The van der Waals surface area contributed by atoms with Crippen molar-refractivity contribution in [2.45, 2.75) is 6.92 Å². The fourth-order valence-electron chi connectivity index (χ4n) is 0.814. The summed E-state index contributed by atoms with van der Waals surface area (Å²) in [4.78, 5) is 21.2. The summed E-state index contributed by atoms with van der Waals surface area (Å²) in [5.74, 6) is -0.405. The SMILES string of the molecule is CCOC(=O)c1ccn(C=O)c1. The number of hydrogen-bond acceptors (Lipinski definition) is 3. The average Bonchev–Trinajstić information content (AvgIpc) is 2.52. The zero-order valence-electron chi connectivity index (χ0n) is 6.69. The molecule has 0 aliphatic heterocycles. The number of carbonyl (C=O) groups excluding carboxylic acids is 2. The lowest BCUT2D eigenvalue weighted by molar-refractivity contribution is 0.0526. The minimum atomic E-state index is -0.405. The summed E-state index contributed by atoms with van der Waals surface area (Å²) in [5.41, 5.74) is 0.393. The van der Waals surface area contributed by atoms with Crippen LogP contribution >= 0.6 is 0 Å². The molecule has 0 N–H and O–H groups in total. The Hall–Kier alpha value is -1.58. The van der Waals surface area contributed by atoms with Crippen LogP contribution in [0.5, 0.6) is 0 Å². The van der Waals surface area contributed by atoms with Crippen molar-refractivity contribution >= 4 is 12.4 Å². The summed E-state index contributed by atoms with van der Waals surface area (Å²) in [6.07, 6.45) is 3.53. The van der Waals surface area contributed by atoms with Crippen molar-refractivity contribution in [1.29, 1.82) is 0 Å². The Labute approximate surface area is 69.7 Å². The molecule has 64 valence electrons. The molecular weight excluding hydrogens is 158 g/mol. The highest BCUT2D eigenvalue weighted by atomic mass is 16.5. The highest BCUT2D eigenvalue weighted by Gasteiger charge is 2.06. The number of hydrogen-bond donors (Lipinski definition) is 0. The van der Waals surface area contributed by atoms with E-state index in [1.807, 2.05) is 0 Å². The van der Waals surface area contributed by atoms with Gasteiger partial charge in [-0.25, -0.2) is 4.79 Å². The largest absolute Gasteiger partial charge is 0.462 e. The second-order valence-corrected chi connectivity index (χ2v) is 2.17. The van der Waals surface area contributed by atoms with Crippen LogP contribution in [-0.4, -0.2) is 23.6 Å². The van der Waals surface area contributed by atoms with E-state index in [0.717, 1.165) is 0 Å². The molecule has 0 saturated heterocycles. The molecule has 4 nitrogen and oxygen atoms in total. The molecule has 1 aromatic heterocycles. The van der Waals surface area contributed by atoms with Crippen LogP contribution in [0.4, 0.5) is 0 Å². The van der Waals surface area contributed by atoms with Crippen LogP contribution in [0.25, 0.3) is 0 Å². The number of aromatic nitrogens is 1. The van der Waals surface area contributed by atoms with Crippen LogP contribution in [0.3, 0.4) is 0 Å². The zero-order chi connectivity index (χ0) is 8.97. The van der Waals surface area contributed by atoms with Gasteiger partial charge in [-0.1, -0.05) is 0 Å². The first-order valence-electron chi connectivity index (χ1n) is 3.58. The Morgan fingerprint density at radius 2 is 2.50 bits per heavy atom. The van der Waals surface area contributed by atoms with E-state index in [4.69, 9.17) is 4.74 Å². The third kappa shape index (κ3) is 1.72. The summed E-state index contributed by atoms with van der Waals surface area (Å²) in [6.45, 7) is 2.07. The summed E-state index contributed by atoms with van der Waals surface area (Å²) >= 11 is 0. The standard InChI is InChI=1S/C8H9NO3/c1-2-12-8(11)7-3-4-9(5-7)6-10/h3-6H,2H2,1H3. The maximum absolute atomic E-state index is 11.0. The number of nitrogens with zero attached hydrogens (tertiary/aromatic N) is 1. The van der Waals surface area contributed by atoms with E-state index in [0.29, 0.717) is 18.6 Å². The maximum atomic E-state index is 11.0. The molecule has 0 spiro atoms. The van der Waals surface area contributed by atoms with Gasteiger partial charge in [0.2, 0.25) is 6.41 Å². The van der Waals surface area contributed by atoms with Crippen LogP contribution in [-0.2, 0) is 9.53 Å². The molecule has 0 saturated carbocycles. The summed E-state index contributed by atoms with van der Waals surface area (Å²) in [7, 11) is 0. The van der Waals surface area contributed by atoms with Gasteiger partial charge in [-0.15, -0.1) is 0 Å². The fourth-order valence-corrected chi connectivity index (χ4v) is 0.814. The van der Waals surface area contributed by atoms with Gasteiger partial charge >= 0.3 is 5.97 Å². The van der Waals surface area contributed by atoms with E-state index in [1.165, 1.54) is 23.0 Å². The third-order valence-corrected chi connectivity index (χ3v) is 1.35. The average molecular weight is 167 g/mol. The van der Waals surface area contributed by atoms with Crippen molar-refractivity contribution in [3.05, 3.63) is 24.0 Å². The fraction of sp³-hybridized carbons (Fsp3) is 0.250. The first-order chi connectivity index (χ1) is 5.77. The van der Waals surface area contributed by atoms with Gasteiger partial charge in [-0.05, 0) is 13.0 Å². The van der Waals surface area contributed by atoms with Crippen LogP contribution in [0.15, 0.2) is 18.5 Å². The third-order valence-electron chi connectivity index (χ3n) is 1.35. The molecule has 0 fully saturated rings. The topological polar surface area (TPSA) is 48.3 Å². The van der Waals surface area contributed by atoms with E-state index in [2.05, 4.69) is 0 Å². The van der Waals surface area contributed by atoms with Gasteiger partial charge in [0.15, 0.2) is 0 Å². The number of rotatable bonds is 3. The number of esters is 1. The van der Waals surface area contributed by atoms with Gasteiger partial charge in [0.1, 0.15) is 0 Å². The van der Waals surface area contributed by atoms with Gasteiger partial charge < -0.3 is 4.74 Å². The van der Waals surface area contributed by atoms with E-state index in [-0.39, 0.29) is 0 Å². The molecule has 0 bridgehead atoms. The highest BCUT2D eigenvalue weighted by molar-refractivity contribution is 5.89. The van der Waals surface area contributed by atoms with Gasteiger partial charge in [0, 0.05) is 12.4 Å². The number of ether oxygens (including phenoxy) is 1. The smallest absolute Gasteiger partial charge is 0.339 e. The Morgan fingerprint density at radius 3 is 3.00 bits per heavy atom. The second kappa shape index (κ2) is 3.71. The van der Waals surface area contributed by atoms with E-state index < -0.39 is 5.97 Å². The summed E-state index contributed by atoms with van der Waals surface area (Å²) in [6, 6.07) is 1.53. The molecule has 1 aromatic rings. The van der Waals surface area contributed by atoms with Crippen LogP contribution in [0.1, 0.15) is 17.3 Å². The molecule has 0 amide bonds. The monoisotopic (exact) mass is 167 g/mol. The van der Waals surface area contributed by atoms with Gasteiger partial charge in [0.05, 0.1) is 12.2 Å². The highest BCUT2D eigenvalue weighted by Crippen LogP contribution is 2.01. The van der Waals surface area contributed by atoms with Crippen LogP contribution in [0.2, 0.25) is 0 Å². The quantitative estimate of drug-likeness (QED) is 0.492. The molecule has 0 aliphatic rings. The predicted octanol–water partition coefficient (Wildman–Crippen LogP) is 0.703. The molecule has 12 heavy (non-hydrogen) atoms. The molecule has 1 heterocycles. The second-order valence-electron chi connectivity index (χ2n) is 2.17. The normalized spacial score (nSPS) is 9.42. The molecule has 1 rings (SSSR count). The zero-order valence-corrected chi connectivity index (χ0v) is 6.69. The van der Waals surface area contributed by atoms with Crippen LogP contribution in [0, 0.1) is 0 Å². The van der Waals surface area contributed by atoms with Crippen molar-refractivity contribution in [2.24, 2.45) is 0 Å². The minimum Gasteiger partial charge on any atom is -0.462 e. The Morgan fingerprint density at radius 1 is 1.75 bits per heavy atom. The molecular formula is C8H9NO3. The molecule has 0 aliphatic carbocycles. The predicted molar refractivity (Wildman–Crippen MR) is 42.5 cm³/mol. The molecule has 0 aromatic carbocycles. The lowest BCUT2D eigenvalue weighted by Crippen LogP contribution is -2.03. The molecule has 0 unspecified atom stereocenters. The van der Waals surface area contributed by atoms with E-state index in [9.17, 15) is 9.59 Å². The number of carbonyl (C=O) groups is 2. The van der Waals surface area contributed by atoms with Gasteiger partial charge in [-0.3, -0.25) is 9.36 Å². The van der Waals surface area contributed by atoms with Crippen molar-refractivity contribution in [3.63, 3.8) is 0 Å². The van der Waals surface area contributed by atoms with Crippen LogP contribution < -0.4 is 0 Å². The molecule has 0 atom stereocenters. The van der Waals surface area contributed by atoms with E-state index in [1.54, 1.807) is 6.92 Å². The summed E-state index contributed by atoms with van der Waals surface area (Å²) in [5, 5.41) is 0. The lowest BCUT2D eigenvalue weighted by Gasteiger charge is -1.96. The van der Waals surface area contributed by atoms with Crippen molar-refractivity contribution < 1.29 is 14.3 Å². The Bertz CT molecular complexity index is 290. The molecule has 0 radical (unpaired) electrons. The first-order valence-corrected chi connectivity index (χ1v) is 3.58. The van der Waals surface area contributed by atoms with Gasteiger partial charge in [0.25, 0.3) is 0 Å². The molecule has 4 heteroatoms. The Kier molecular flexibility index (Phi) is 2.63. The Balaban J connectivity index is 2.74. The van der Waals surface area contributed by atoms with Crippen molar-refractivity contribution in [3.8, 4) is 0 Å². The lowest BCUT2D eigenvalue weighted by atomic mass is 10.3. The van der Waals surface area contributed by atoms with Gasteiger partial charge in [-0.2, -0.15) is 0 Å². The van der Waals surface area contributed by atoms with Crippen molar-refractivity contribution in [1.82, 2.24) is 4.57 Å². The minimum absolute atomic E-state index is 0.338. The maximum Gasteiger partial charge on any atom is 0.339 e. The summed E-state index contributed by atoms with van der Waals surface area (Å²) < 4.78 is 5.97.